The number of likely N-dealkylation sites (N-methyl/N-ethyl adjacent to an activating group) is 2. The van der Waals surface area contributed by atoms with Crippen molar-refractivity contribution in [3.63, 3.8) is 0 Å². The summed E-state index contributed by atoms with van der Waals surface area (Å²) in [5.41, 5.74) is 0. The van der Waals surface area contributed by atoms with E-state index >= 15 is 0 Å². The van der Waals surface area contributed by atoms with Crippen molar-refractivity contribution in [1.82, 2.24) is 15.1 Å². The van der Waals surface area contributed by atoms with Gasteiger partial charge in [0.05, 0.1) is 0 Å². The molecule has 2 aliphatic heterocycles. The Kier molecular flexibility index (Phi) is 6.78. The number of piperidine rings is 1. The van der Waals surface area contributed by atoms with Crippen LogP contribution in [0.4, 0.5) is 0 Å². The van der Waals surface area contributed by atoms with Gasteiger partial charge >= 0.3 is 0 Å². The van der Waals surface area contributed by atoms with Gasteiger partial charge in [-0.05, 0) is 65.3 Å². The normalized spacial score (nSPS) is 27.4. The SMILES string of the molecule is CN(CC1CCNCC1)CC1CCCN1C.Cl. The molecule has 3 nitrogen and oxygen atoms in total. The largest absolute Gasteiger partial charge is 0.317 e. The highest BCUT2D eigenvalue weighted by Gasteiger charge is 2.23. The van der Waals surface area contributed by atoms with Gasteiger partial charge in [0.25, 0.3) is 0 Å². The van der Waals surface area contributed by atoms with Gasteiger partial charge in [-0.3, -0.25) is 0 Å². The minimum atomic E-state index is 0. The van der Waals surface area contributed by atoms with Crippen LogP contribution in [0.15, 0.2) is 0 Å². The highest BCUT2D eigenvalue weighted by atomic mass is 35.5. The first-order valence-electron chi connectivity index (χ1n) is 6.85. The molecule has 102 valence electrons. The molecule has 1 N–H and O–H groups in total. The summed E-state index contributed by atoms with van der Waals surface area (Å²) in [6, 6.07) is 0.812. The van der Waals surface area contributed by atoms with Crippen molar-refractivity contribution in [2.75, 3.05) is 46.8 Å². The molecule has 0 aromatic carbocycles. The topological polar surface area (TPSA) is 18.5 Å². The molecule has 0 bridgehead atoms. The molecule has 1 atom stereocenters. The summed E-state index contributed by atoms with van der Waals surface area (Å²) in [6.45, 7) is 6.31. The third-order valence-corrected chi connectivity index (χ3v) is 4.22. The summed E-state index contributed by atoms with van der Waals surface area (Å²) in [6.07, 6.45) is 5.52. The Labute approximate surface area is 112 Å². The van der Waals surface area contributed by atoms with Crippen molar-refractivity contribution in [3.8, 4) is 0 Å². The van der Waals surface area contributed by atoms with Crippen LogP contribution in [-0.2, 0) is 0 Å². The molecule has 0 amide bonds. The predicted molar refractivity (Wildman–Crippen MR) is 76.0 cm³/mol. The molecular formula is C13H28ClN3. The van der Waals surface area contributed by atoms with Crippen LogP contribution in [0, 0.1) is 5.92 Å². The predicted octanol–water partition coefficient (Wildman–Crippen LogP) is 1.43. The van der Waals surface area contributed by atoms with E-state index in [-0.39, 0.29) is 12.4 Å². The second kappa shape index (κ2) is 7.57. The second-order valence-corrected chi connectivity index (χ2v) is 5.69. The monoisotopic (exact) mass is 261 g/mol. The van der Waals surface area contributed by atoms with E-state index in [2.05, 4.69) is 29.2 Å². The van der Waals surface area contributed by atoms with Gasteiger partial charge in [-0.25, -0.2) is 0 Å². The van der Waals surface area contributed by atoms with Crippen LogP contribution < -0.4 is 5.32 Å². The van der Waals surface area contributed by atoms with E-state index < -0.39 is 0 Å². The van der Waals surface area contributed by atoms with Crippen LogP contribution in [-0.4, -0.2) is 62.7 Å². The van der Waals surface area contributed by atoms with E-state index in [9.17, 15) is 0 Å². The Hall–Kier alpha value is 0.170. The molecule has 4 heteroatoms. The Morgan fingerprint density at radius 1 is 1.18 bits per heavy atom. The van der Waals surface area contributed by atoms with Crippen molar-refractivity contribution in [2.24, 2.45) is 5.92 Å². The fourth-order valence-electron chi connectivity index (χ4n) is 3.15. The van der Waals surface area contributed by atoms with Crippen LogP contribution in [0.1, 0.15) is 25.7 Å². The lowest BCUT2D eigenvalue weighted by Crippen LogP contribution is -2.40. The van der Waals surface area contributed by atoms with Crippen LogP contribution in [0.2, 0.25) is 0 Å². The average molecular weight is 262 g/mol. The van der Waals surface area contributed by atoms with E-state index in [1.807, 2.05) is 0 Å². The Balaban J connectivity index is 0.00000144. The third kappa shape index (κ3) is 4.74. The molecule has 0 spiro atoms. The lowest BCUT2D eigenvalue weighted by atomic mass is 9.97. The molecule has 0 aliphatic carbocycles. The smallest absolute Gasteiger partial charge is 0.0220 e. The van der Waals surface area contributed by atoms with Gasteiger partial charge in [0.15, 0.2) is 0 Å². The molecule has 2 saturated heterocycles. The molecule has 2 aliphatic rings. The fourth-order valence-corrected chi connectivity index (χ4v) is 3.15. The van der Waals surface area contributed by atoms with Gasteiger partial charge in [-0.1, -0.05) is 0 Å². The quantitative estimate of drug-likeness (QED) is 0.826. The maximum absolute atomic E-state index is 3.44. The summed E-state index contributed by atoms with van der Waals surface area (Å²) >= 11 is 0. The van der Waals surface area contributed by atoms with E-state index in [0.29, 0.717) is 0 Å². The van der Waals surface area contributed by atoms with Crippen LogP contribution in [0.3, 0.4) is 0 Å². The van der Waals surface area contributed by atoms with Crippen molar-refractivity contribution >= 4 is 12.4 Å². The summed E-state index contributed by atoms with van der Waals surface area (Å²) in [7, 11) is 4.57. The molecular weight excluding hydrogens is 234 g/mol. The number of rotatable bonds is 4. The zero-order chi connectivity index (χ0) is 11.4. The molecule has 0 aromatic heterocycles. The van der Waals surface area contributed by atoms with E-state index in [1.54, 1.807) is 0 Å². The van der Waals surface area contributed by atoms with E-state index in [4.69, 9.17) is 0 Å². The van der Waals surface area contributed by atoms with Gasteiger partial charge in [-0.15, -0.1) is 12.4 Å². The van der Waals surface area contributed by atoms with Crippen LogP contribution in [0.25, 0.3) is 0 Å². The third-order valence-electron chi connectivity index (χ3n) is 4.22. The van der Waals surface area contributed by atoms with Gasteiger partial charge in [0.2, 0.25) is 0 Å². The van der Waals surface area contributed by atoms with E-state index in [0.717, 1.165) is 12.0 Å². The highest BCUT2D eigenvalue weighted by Crippen LogP contribution is 2.17. The minimum Gasteiger partial charge on any atom is -0.317 e. The highest BCUT2D eigenvalue weighted by molar-refractivity contribution is 5.85. The maximum atomic E-state index is 3.44. The lowest BCUT2D eigenvalue weighted by Gasteiger charge is -2.30. The lowest BCUT2D eigenvalue weighted by molar-refractivity contribution is 0.186. The van der Waals surface area contributed by atoms with Gasteiger partial charge in [0, 0.05) is 19.1 Å². The van der Waals surface area contributed by atoms with Crippen molar-refractivity contribution < 1.29 is 0 Å². The standard InChI is InChI=1S/C13H27N3.ClH/c1-15(10-12-5-7-14-8-6-12)11-13-4-3-9-16(13)2;/h12-14H,3-11H2,1-2H3;1H. The van der Waals surface area contributed by atoms with Crippen LogP contribution >= 0.6 is 12.4 Å². The Morgan fingerprint density at radius 3 is 2.47 bits per heavy atom. The van der Waals surface area contributed by atoms with Crippen molar-refractivity contribution in [3.05, 3.63) is 0 Å². The molecule has 2 fully saturated rings. The van der Waals surface area contributed by atoms with Gasteiger partial charge in [0.1, 0.15) is 0 Å². The minimum absolute atomic E-state index is 0. The Morgan fingerprint density at radius 2 is 1.88 bits per heavy atom. The zero-order valence-corrected chi connectivity index (χ0v) is 12.1. The molecule has 0 saturated carbocycles. The number of halogens is 1. The first-order valence-corrected chi connectivity index (χ1v) is 6.85. The number of hydrogen-bond donors (Lipinski definition) is 1. The summed E-state index contributed by atoms with van der Waals surface area (Å²) in [5.74, 6) is 0.929. The molecule has 17 heavy (non-hydrogen) atoms. The molecule has 2 rings (SSSR count). The molecule has 1 unspecified atom stereocenters. The van der Waals surface area contributed by atoms with Crippen molar-refractivity contribution in [1.29, 1.82) is 0 Å². The maximum Gasteiger partial charge on any atom is 0.0220 e. The number of nitrogens with one attached hydrogen (secondary N) is 1. The van der Waals surface area contributed by atoms with Crippen molar-refractivity contribution in [2.45, 2.75) is 31.7 Å². The molecule has 2 heterocycles. The summed E-state index contributed by atoms with van der Waals surface area (Å²) in [5, 5.41) is 3.44. The average Bonchev–Trinajstić information content (AvgIpc) is 2.66. The number of hydrogen-bond acceptors (Lipinski definition) is 3. The Bertz CT molecular complexity index is 207. The van der Waals surface area contributed by atoms with Gasteiger partial charge < -0.3 is 15.1 Å². The fraction of sp³-hybridized carbons (Fsp3) is 1.00. The zero-order valence-electron chi connectivity index (χ0n) is 11.3. The molecule has 0 radical (unpaired) electrons. The summed E-state index contributed by atoms with van der Waals surface area (Å²) in [4.78, 5) is 5.08. The molecule has 0 aromatic rings. The van der Waals surface area contributed by atoms with Gasteiger partial charge in [-0.2, -0.15) is 0 Å². The first-order chi connectivity index (χ1) is 7.75. The first kappa shape index (κ1) is 15.2. The van der Waals surface area contributed by atoms with E-state index in [1.165, 1.54) is 58.4 Å². The second-order valence-electron chi connectivity index (χ2n) is 5.69. The van der Waals surface area contributed by atoms with Crippen LogP contribution in [0.5, 0.6) is 0 Å². The number of likely N-dealkylation sites (tertiary alicyclic amines) is 1. The number of nitrogens with zero attached hydrogens (tertiary/aromatic N) is 2. The summed E-state index contributed by atoms with van der Waals surface area (Å²) < 4.78 is 0.